The van der Waals surface area contributed by atoms with Crippen LogP contribution in [-0.4, -0.2) is 38.9 Å². The molecule has 0 bridgehead atoms. The molecule has 5 aromatic carbocycles. The average molecular weight is 910 g/mol. The summed E-state index contributed by atoms with van der Waals surface area (Å²) in [5, 5.41) is 13.5. The summed E-state index contributed by atoms with van der Waals surface area (Å²) in [7, 11) is 1.63. The van der Waals surface area contributed by atoms with E-state index in [0.717, 1.165) is 44.2 Å². The molecule has 0 aliphatic carbocycles. The first-order valence-electron chi connectivity index (χ1n) is 19.6. The Morgan fingerprint density at radius 3 is 1.78 bits per heavy atom. The number of pyridine rings is 2. The van der Waals surface area contributed by atoms with Crippen LogP contribution in [-0.2, 0) is 6.54 Å². The van der Waals surface area contributed by atoms with Crippen molar-refractivity contribution in [2.24, 2.45) is 0 Å². The van der Waals surface area contributed by atoms with Gasteiger partial charge in [0.25, 0.3) is 11.8 Å². The molecule has 11 nitrogen and oxygen atoms in total. The fourth-order valence-electron chi connectivity index (χ4n) is 6.59. The summed E-state index contributed by atoms with van der Waals surface area (Å²) in [5.74, 6) is 1.67. The van der Waals surface area contributed by atoms with Gasteiger partial charge in [-0.3, -0.25) is 9.59 Å². The summed E-state index contributed by atoms with van der Waals surface area (Å²) >= 11 is 15.3. The molecule has 0 aliphatic heterocycles. The van der Waals surface area contributed by atoms with E-state index >= 15 is 0 Å². The number of nitrogens with zero attached hydrogens (tertiary/aromatic N) is 5. The Labute approximate surface area is 381 Å². The van der Waals surface area contributed by atoms with Gasteiger partial charge in [0.1, 0.15) is 27.1 Å². The smallest absolute Gasteiger partial charge is 0.270 e. The topological polar surface area (TPSA) is 134 Å². The van der Waals surface area contributed by atoms with Crippen LogP contribution in [0.4, 0.5) is 33.3 Å². The number of thiazole rings is 2. The number of hydrogen-bond donors (Lipinski definition) is 3. The number of carbonyl (C=O) groups is 2. The Balaban J connectivity index is 0.000000180. The molecule has 0 radical (unpaired) electrons. The lowest BCUT2D eigenvalue weighted by molar-refractivity contribution is 0.0987. The number of anilines is 6. The zero-order chi connectivity index (χ0) is 43.9. The standard InChI is InChI=1S/C28H23ClN4O2S.C20H15ClN4OS/c1-18-6-5-8-22(29)26(18)33(17-19-10-13-21(35-2)14-11-19)27(34)24-16-30-28(36-24)32-25-15-12-20-7-3-4-9-23(20)31-25;1-12-5-4-7-14(21)18(12)25-19(26)16-11-22-20(27-16)24-17-10-9-13-6-2-3-8-15(13)23-17/h3-16H,17H2,1-2H3,(H,30,31,32);2-11H,1H3,(H,25,26)(H,22,23,24). The van der Waals surface area contributed by atoms with E-state index < -0.39 is 0 Å². The molecular weight excluding hydrogens is 872 g/mol. The number of para-hydroxylation sites is 4. The SMILES string of the molecule is COc1ccc(CN(C(=O)c2cnc(Nc3ccc4ccccc4n3)s2)c2c(C)cccc2Cl)cc1.Cc1cccc(Cl)c1NC(=O)c1cnc(Nc2ccc3ccccc3n2)s1. The van der Waals surface area contributed by atoms with Crippen molar-refractivity contribution in [1.82, 2.24) is 19.9 Å². The lowest BCUT2D eigenvalue weighted by Gasteiger charge is -2.25. The molecule has 9 rings (SSSR count). The van der Waals surface area contributed by atoms with Crippen LogP contribution < -0.4 is 25.6 Å². The number of aryl methyl sites for hydroxylation is 2. The second-order valence-corrected chi connectivity index (χ2v) is 17.0. The van der Waals surface area contributed by atoms with Gasteiger partial charge in [-0.1, -0.05) is 119 Å². The van der Waals surface area contributed by atoms with Gasteiger partial charge in [0.05, 0.1) is 58.5 Å². The first kappa shape index (κ1) is 42.8. The van der Waals surface area contributed by atoms with Crippen LogP contribution in [0.5, 0.6) is 5.75 Å². The summed E-state index contributed by atoms with van der Waals surface area (Å²) in [6.07, 6.45) is 3.12. The monoisotopic (exact) mass is 908 g/mol. The number of fused-ring (bicyclic) bond motifs is 2. The highest BCUT2D eigenvalue weighted by atomic mass is 35.5. The first-order valence-corrected chi connectivity index (χ1v) is 21.9. The summed E-state index contributed by atoms with van der Waals surface area (Å²) in [4.78, 5) is 46.9. The highest BCUT2D eigenvalue weighted by Crippen LogP contribution is 2.34. The van der Waals surface area contributed by atoms with Crippen molar-refractivity contribution in [2.75, 3.05) is 28.0 Å². The van der Waals surface area contributed by atoms with E-state index in [4.69, 9.17) is 27.9 Å². The predicted octanol–water partition coefficient (Wildman–Crippen LogP) is 12.9. The number of methoxy groups -OCH3 is 1. The number of nitrogens with one attached hydrogen (secondary N) is 3. The molecule has 0 atom stereocenters. The van der Waals surface area contributed by atoms with Crippen LogP contribution >= 0.6 is 45.9 Å². The van der Waals surface area contributed by atoms with Gasteiger partial charge in [-0.25, -0.2) is 19.9 Å². The van der Waals surface area contributed by atoms with Gasteiger partial charge < -0.3 is 25.6 Å². The van der Waals surface area contributed by atoms with Crippen molar-refractivity contribution in [3.05, 3.63) is 182 Å². The van der Waals surface area contributed by atoms with Crippen LogP contribution in [0.2, 0.25) is 10.0 Å². The molecule has 0 saturated carbocycles. The maximum atomic E-state index is 13.8. The fourth-order valence-corrected chi connectivity index (χ4v) is 8.67. The van der Waals surface area contributed by atoms with E-state index in [1.165, 1.54) is 28.9 Å². The Morgan fingerprint density at radius 2 is 1.19 bits per heavy atom. The molecule has 4 aromatic heterocycles. The van der Waals surface area contributed by atoms with Gasteiger partial charge in [0, 0.05) is 10.8 Å². The average Bonchev–Trinajstić information content (AvgIpc) is 3.97. The largest absolute Gasteiger partial charge is 0.497 e. The van der Waals surface area contributed by atoms with Crippen LogP contribution in [0.25, 0.3) is 21.8 Å². The van der Waals surface area contributed by atoms with Crippen LogP contribution in [0.3, 0.4) is 0 Å². The van der Waals surface area contributed by atoms with E-state index in [9.17, 15) is 9.59 Å². The van der Waals surface area contributed by atoms with E-state index in [0.29, 0.717) is 59.6 Å². The number of hydrogen-bond acceptors (Lipinski definition) is 11. The number of benzene rings is 5. The summed E-state index contributed by atoms with van der Waals surface area (Å²) in [5.41, 5.74) is 5.84. The summed E-state index contributed by atoms with van der Waals surface area (Å²) in [6, 6.07) is 42.3. The lowest BCUT2D eigenvalue weighted by Crippen LogP contribution is -2.30. The lowest BCUT2D eigenvalue weighted by atomic mass is 10.1. The van der Waals surface area contributed by atoms with Crippen molar-refractivity contribution < 1.29 is 14.3 Å². The molecule has 0 fully saturated rings. The second kappa shape index (κ2) is 19.4. The van der Waals surface area contributed by atoms with Crippen molar-refractivity contribution in [2.45, 2.75) is 20.4 Å². The molecule has 9 aromatic rings. The minimum Gasteiger partial charge on any atom is -0.497 e. The molecule has 0 saturated heterocycles. The number of carbonyl (C=O) groups excluding carboxylic acids is 2. The third-order valence-electron chi connectivity index (χ3n) is 9.78. The minimum absolute atomic E-state index is 0.181. The molecule has 2 amide bonds. The van der Waals surface area contributed by atoms with Crippen LogP contribution in [0, 0.1) is 13.8 Å². The highest BCUT2D eigenvalue weighted by molar-refractivity contribution is 7.18. The van der Waals surface area contributed by atoms with Crippen molar-refractivity contribution in [3.63, 3.8) is 0 Å². The van der Waals surface area contributed by atoms with Crippen molar-refractivity contribution in [3.8, 4) is 5.75 Å². The van der Waals surface area contributed by atoms with E-state index in [1.54, 1.807) is 30.3 Å². The van der Waals surface area contributed by atoms with Crippen molar-refractivity contribution >= 4 is 113 Å². The molecular formula is C48H38Cl2N8O3S2. The van der Waals surface area contributed by atoms with E-state index in [2.05, 4.69) is 35.9 Å². The quantitative estimate of drug-likeness (QED) is 0.116. The maximum Gasteiger partial charge on any atom is 0.270 e. The molecule has 63 heavy (non-hydrogen) atoms. The van der Waals surface area contributed by atoms with E-state index in [-0.39, 0.29) is 11.8 Å². The zero-order valence-corrected chi connectivity index (χ0v) is 37.2. The number of amides is 2. The third kappa shape index (κ3) is 10.3. The third-order valence-corrected chi connectivity index (χ3v) is 12.2. The number of aromatic nitrogens is 4. The molecule has 4 heterocycles. The Hall–Kier alpha value is -6.90. The fraction of sp³-hybridized carbons (Fsp3) is 0.0833. The molecule has 0 spiro atoms. The van der Waals surface area contributed by atoms with Gasteiger partial charge in [-0.15, -0.1) is 0 Å². The Kier molecular flexibility index (Phi) is 13.2. The molecule has 15 heteroatoms. The summed E-state index contributed by atoms with van der Waals surface area (Å²) in [6.45, 7) is 4.19. The Morgan fingerprint density at radius 1 is 0.635 bits per heavy atom. The van der Waals surface area contributed by atoms with E-state index in [1.807, 2.05) is 135 Å². The van der Waals surface area contributed by atoms with Gasteiger partial charge in [0.15, 0.2) is 10.3 Å². The van der Waals surface area contributed by atoms with Gasteiger partial charge in [-0.05, 0) is 91.2 Å². The predicted molar refractivity (Wildman–Crippen MR) is 258 cm³/mol. The van der Waals surface area contributed by atoms with Crippen LogP contribution in [0.15, 0.2) is 146 Å². The molecule has 314 valence electrons. The maximum absolute atomic E-state index is 13.8. The van der Waals surface area contributed by atoms with Crippen LogP contribution in [0.1, 0.15) is 36.0 Å². The number of ether oxygens (including phenoxy) is 1. The van der Waals surface area contributed by atoms with Gasteiger partial charge in [-0.2, -0.15) is 0 Å². The first-order chi connectivity index (χ1) is 30.6. The minimum atomic E-state index is -0.247. The molecule has 0 unspecified atom stereocenters. The summed E-state index contributed by atoms with van der Waals surface area (Å²) < 4.78 is 5.27. The number of halogens is 2. The highest BCUT2D eigenvalue weighted by Gasteiger charge is 2.24. The number of rotatable bonds is 11. The Bertz CT molecular complexity index is 3050. The normalized spacial score (nSPS) is 10.8. The zero-order valence-electron chi connectivity index (χ0n) is 34.1. The van der Waals surface area contributed by atoms with Gasteiger partial charge >= 0.3 is 0 Å². The second-order valence-electron chi connectivity index (χ2n) is 14.1. The molecule has 0 aliphatic rings. The van der Waals surface area contributed by atoms with Crippen molar-refractivity contribution in [1.29, 1.82) is 0 Å². The van der Waals surface area contributed by atoms with Gasteiger partial charge in [0.2, 0.25) is 0 Å². The molecule has 3 N–H and O–H groups in total.